The third-order valence-corrected chi connectivity index (χ3v) is 3.58. The first-order chi connectivity index (χ1) is 7.47. The molecule has 0 amide bonds. The Kier molecular flexibility index (Phi) is 5.26. The van der Waals surface area contributed by atoms with Crippen LogP contribution in [0.3, 0.4) is 0 Å². The Balaban J connectivity index is 2.33. The van der Waals surface area contributed by atoms with E-state index in [0.717, 1.165) is 13.2 Å². The van der Waals surface area contributed by atoms with Crippen LogP contribution in [0, 0.1) is 5.41 Å². The molecule has 2 nitrogen and oxygen atoms in total. The van der Waals surface area contributed by atoms with E-state index in [2.05, 4.69) is 33.0 Å². The van der Waals surface area contributed by atoms with E-state index in [9.17, 15) is 0 Å². The number of ether oxygens (including phenoxy) is 1. The number of hydrogen-bond donors (Lipinski definition) is 1. The van der Waals surface area contributed by atoms with Gasteiger partial charge in [0.15, 0.2) is 0 Å². The van der Waals surface area contributed by atoms with Crippen LogP contribution in [0.5, 0.6) is 0 Å². The van der Waals surface area contributed by atoms with Crippen LogP contribution in [0.4, 0.5) is 0 Å². The zero-order valence-corrected chi connectivity index (χ0v) is 11.6. The number of nitrogens with one attached hydrogen (secondary N) is 1. The van der Waals surface area contributed by atoms with Crippen molar-refractivity contribution in [1.82, 2.24) is 5.32 Å². The van der Waals surface area contributed by atoms with E-state index in [1.807, 2.05) is 0 Å². The van der Waals surface area contributed by atoms with Gasteiger partial charge in [-0.3, -0.25) is 0 Å². The standard InChI is InChI=1S/C14H29NO/c1-5-15-12-14(8-6-7-9-14)10-11-16-13(2,3)4/h15H,5-12H2,1-4H3. The summed E-state index contributed by atoms with van der Waals surface area (Å²) in [6, 6.07) is 0. The third-order valence-electron chi connectivity index (χ3n) is 3.58. The normalized spacial score (nSPS) is 20.2. The molecule has 0 saturated heterocycles. The van der Waals surface area contributed by atoms with Gasteiger partial charge in [0.1, 0.15) is 0 Å². The number of hydrogen-bond acceptors (Lipinski definition) is 2. The van der Waals surface area contributed by atoms with E-state index in [1.54, 1.807) is 0 Å². The van der Waals surface area contributed by atoms with Crippen molar-refractivity contribution in [1.29, 1.82) is 0 Å². The van der Waals surface area contributed by atoms with Crippen molar-refractivity contribution < 1.29 is 4.74 Å². The Bertz CT molecular complexity index is 189. The summed E-state index contributed by atoms with van der Waals surface area (Å²) >= 11 is 0. The van der Waals surface area contributed by atoms with Gasteiger partial charge in [-0.2, -0.15) is 0 Å². The molecule has 0 bridgehead atoms. The molecule has 1 fully saturated rings. The molecule has 0 aromatic carbocycles. The van der Waals surface area contributed by atoms with Crippen molar-refractivity contribution in [2.45, 2.75) is 65.4 Å². The minimum absolute atomic E-state index is 0.0119. The van der Waals surface area contributed by atoms with Crippen molar-refractivity contribution in [2.24, 2.45) is 5.41 Å². The fourth-order valence-electron chi connectivity index (χ4n) is 2.60. The Morgan fingerprint density at radius 2 is 1.81 bits per heavy atom. The van der Waals surface area contributed by atoms with Gasteiger partial charge in [0, 0.05) is 13.2 Å². The van der Waals surface area contributed by atoms with Gasteiger partial charge in [0.2, 0.25) is 0 Å². The summed E-state index contributed by atoms with van der Waals surface area (Å²) < 4.78 is 5.87. The predicted molar refractivity (Wildman–Crippen MR) is 69.8 cm³/mol. The molecule has 0 radical (unpaired) electrons. The molecule has 1 rings (SSSR count). The van der Waals surface area contributed by atoms with E-state index in [4.69, 9.17) is 4.74 Å². The van der Waals surface area contributed by atoms with Gasteiger partial charge in [-0.05, 0) is 52.0 Å². The molecule has 1 aliphatic rings. The summed E-state index contributed by atoms with van der Waals surface area (Å²) in [6.07, 6.45) is 6.79. The molecule has 0 heterocycles. The molecule has 2 heteroatoms. The fraction of sp³-hybridized carbons (Fsp3) is 1.00. The molecule has 96 valence electrons. The highest BCUT2D eigenvalue weighted by atomic mass is 16.5. The molecule has 0 unspecified atom stereocenters. The molecule has 1 N–H and O–H groups in total. The summed E-state index contributed by atoms with van der Waals surface area (Å²) in [5.41, 5.74) is 0.541. The Morgan fingerprint density at radius 3 is 2.31 bits per heavy atom. The minimum atomic E-state index is 0.0119. The maximum Gasteiger partial charge on any atom is 0.0598 e. The highest BCUT2D eigenvalue weighted by Gasteiger charge is 2.33. The second-order valence-electron chi connectivity index (χ2n) is 6.20. The topological polar surface area (TPSA) is 21.3 Å². The lowest BCUT2D eigenvalue weighted by Crippen LogP contribution is -2.34. The van der Waals surface area contributed by atoms with Gasteiger partial charge in [0.25, 0.3) is 0 Å². The van der Waals surface area contributed by atoms with Crippen LogP contribution in [0.1, 0.15) is 59.8 Å². The van der Waals surface area contributed by atoms with Gasteiger partial charge in [0.05, 0.1) is 5.60 Å². The smallest absolute Gasteiger partial charge is 0.0598 e. The van der Waals surface area contributed by atoms with Crippen molar-refractivity contribution in [3.05, 3.63) is 0 Å². The maximum absolute atomic E-state index is 5.87. The Morgan fingerprint density at radius 1 is 1.19 bits per heavy atom. The molecular formula is C14H29NO. The second kappa shape index (κ2) is 6.02. The first-order valence-electron chi connectivity index (χ1n) is 6.82. The van der Waals surface area contributed by atoms with Crippen LogP contribution < -0.4 is 5.32 Å². The first-order valence-corrected chi connectivity index (χ1v) is 6.82. The van der Waals surface area contributed by atoms with E-state index in [1.165, 1.54) is 38.6 Å². The van der Waals surface area contributed by atoms with Gasteiger partial charge >= 0.3 is 0 Å². The molecule has 0 aromatic rings. The summed E-state index contributed by atoms with van der Waals surface area (Å²) in [5, 5.41) is 3.52. The van der Waals surface area contributed by atoms with Gasteiger partial charge in [-0.1, -0.05) is 19.8 Å². The zero-order chi connectivity index (χ0) is 12.1. The molecule has 1 aliphatic carbocycles. The maximum atomic E-state index is 5.87. The van der Waals surface area contributed by atoms with Gasteiger partial charge in [-0.25, -0.2) is 0 Å². The summed E-state index contributed by atoms with van der Waals surface area (Å²) in [4.78, 5) is 0. The fourth-order valence-corrected chi connectivity index (χ4v) is 2.60. The molecule has 0 atom stereocenters. The van der Waals surface area contributed by atoms with Crippen LogP contribution in [0.2, 0.25) is 0 Å². The largest absolute Gasteiger partial charge is 0.376 e. The van der Waals surface area contributed by atoms with Gasteiger partial charge in [-0.15, -0.1) is 0 Å². The monoisotopic (exact) mass is 227 g/mol. The lowest BCUT2D eigenvalue weighted by atomic mass is 9.83. The second-order valence-corrected chi connectivity index (χ2v) is 6.20. The van der Waals surface area contributed by atoms with E-state index < -0.39 is 0 Å². The van der Waals surface area contributed by atoms with Crippen LogP contribution in [0.15, 0.2) is 0 Å². The summed E-state index contributed by atoms with van der Waals surface area (Å²) in [5.74, 6) is 0. The molecule has 0 spiro atoms. The van der Waals surface area contributed by atoms with Crippen molar-refractivity contribution in [3.63, 3.8) is 0 Å². The average molecular weight is 227 g/mol. The van der Waals surface area contributed by atoms with Crippen molar-refractivity contribution in [2.75, 3.05) is 19.7 Å². The lowest BCUT2D eigenvalue weighted by Gasteiger charge is -2.31. The minimum Gasteiger partial charge on any atom is -0.376 e. The highest BCUT2D eigenvalue weighted by Crippen LogP contribution is 2.40. The van der Waals surface area contributed by atoms with Crippen molar-refractivity contribution >= 4 is 0 Å². The first kappa shape index (κ1) is 14.0. The molecular weight excluding hydrogens is 198 g/mol. The average Bonchev–Trinajstić information content (AvgIpc) is 2.62. The summed E-state index contributed by atoms with van der Waals surface area (Å²) in [6.45, 7) is 11.8. The molecule has 0 aliphatic heterocycles. The van der Waals surface area contributed by atoms with Crippen LogP contribution >= 0.6 is 0 Å². The van der Waals surface area contributed by atoms with Crippen LogP contribution in [0.25, 0.3) is 0 Å². The molecule has 16 heavy (non-hydrogen) atoms. The lowest BCUT2D eigenvalue weighted by molar-refractivity contribution is -0.0183. The van der Waals surface area contributed by atoms with Crippen LogP contribution in [-0.2, 0) is 4.74 Å². The van der Waals surface area contributed by atoms with E-state index in [-0.39, 0.29) is 5.60 Å². The predicted octanol–water partition coefficient (Wildman–Crippen LogP) is 3.36. The number of rotatable bonds is 6. The van der Waals surface area contributed by atoms with Crippen molar-refractivity contribution in [3.8, 4) is 0 Å². The third kappa shape index (κ3) is 4.84. The molecule has 1 saturated carbocycles. The molecule has 0 aromatic heterocycles. The summed E-state index contributed by atoms with van der Waals surface area (Å²) in [7, 11) is 0. The zero-order valence-electron chi connectivity index (χ0n) is 11.6. The van der Waals surface area contributed by atoms with Crippen LogP contribution in [-0.4, -0.2) is 25.3 Å². The van der Waals surface area contributed by atoms with Gasteiger partial charge < -0.3 is 10.1 Å². The van der Waals surface area contributed by atoms with E-state index in [0.29, 0.717) is 5.41 Å². The SMILES string of the molecule is CCNCC1(CCOC(C)(C)C)CCCC1. The quantitative estimate of drug-likeness (QED) is 0.751. The highest BCUT2D eigenvalue weighted by molar-refractivity contribution is 4.86. The Labute approximate surface area is 101 Å². The van der Waals surface area contributed by atoms with E-state index >= 15 is 0 Å². The Hall–Kier alpha value is -0.0800.